The van der Waals surface area contributed by atoms with E-state index in [4.69, 9.17) is 4.74 Å². The van der Waals surface area contributed by atoms with Gasteiger partial charge in [0.15, 0.2) is 0 Å². The van der Waals surface area contributed by atoms with E-state index in [1.807, 2.05) is 39.8 Å². The smallest absolute Gasteiger partial charge is 0.410 e. The number of ether oxygens (including phenoxy) is 1. The van der Waals surface area contributed by atoms with Crippen LogP contribution in [-0.2, 0) is 11.2 Å². The average Bonchev–Trinajstić information content (AvgIpc) is 2.87. The van der Waals surface area contributed by atoms with Gasteiger partial charge in [-0.05, 0) is 58.1 Å². The molecule has 1 atom stereocenters. The lowest BCUT2D eigenvalue weighted by molar-refractivity contribution is 0.0288. The maximum Gasteiger partial charge on any atom is 0.410 e. The first kappa shape index (κ1) is 19.3. The molecule has 1 fully saturated rings. The van der Waals surface area contributed by atoms with Gasteiger partial charge in [-0.1, -0.05) is 6.07 Å². The van der Waals surface area contributed by atoms with Gasteiger partial charge in [0.05, 0.1) is 0 Å². The van der Waals surface area contributed by atoms with Gasteiger partial charge >= 0.3 is 6.09 Å². The first-order valence-corrected chi connectivity index (χ1v) is 7.63. The molecule has 0 aliphatic carbocycles. The summed E-state index contributed by atoms with van der Waals surface area (Å²) in [5.41, 5.74) is 1.84. The molecule has 1 saturated heterocycles. The SMILES string of the molecule is Cc1ccc(CC2CCN(C(=O)OC(C)(C)C)C2)c(C#N)n1.S. The summed E-state index contributed by atoms with van der Waals surface area (Å²) in [6.45, 7) is 8.87. The Morgan fingerprint density at radius 2 is 2.17 bits per heavy atom. The van der Waals surface area contributed by atoms with E-state index < -0.39 is 5.60 Å². The molecular formula is C17H25N3O2S. The molecule has 1 aliphatic rings. The zero-order valence-corrected chi connectivity index (χ0v) is 15.2. The Bertz CT molecular complexity index is 605. The third kappa shape index (κ3) is 5.43. The number of aryl methyl sites for hydroxylation is 1. The molecule has 23 heavy (non-hydrogen) atoms. The van der Waals surface area contributed by atoms with E-state index in [9.17, 15) is 10.1 Å². The first-order chi connectivity index (χ1) is 10.3. The van der Waals surface area contributed by atoms with Crippen molar-refractivity contribution in [3.05, 3.63) is 29.1 Å². The molecule has 1 amide bonds. The van der Waals surface area contributed by atoms with Gasteiger partial charge in [0.1, 0.15) is 17.4 Å². The molecule has 0 bridgehead atoms. The van der Waals surface area contributed by atoms with Crippen molar-refractivity contribution < 1.29 is 9.53 Å². The maximum atomic E-state index is 12.1. The van der Waals surface area contributed by atoms with Crippen LogP contribution in [0.2, 0.25) is 0 Å². The fourth-order valence-electron chi connectivity index (χ4n) is 2.65. The van der Waals surface area contributed by atoms with Crippen molar-refractivity contribution in [3.8, 4) is 6.07 Å². The monoisotopic (exact) mass is 335 g/mol. The van der Waals surface area contributed by atoms with Crippen molar-refractivity contribution in [1.82, 2.24) is 9.88 Å². The van der Waals surface area contributed by atoms with Crippen molar-refractivity contribution >= 4 is 19.6 Å². The molecule has 1 aromatic heterocycles. The van der Waals surface area contributed by atoms with Crippen LogP contribution in [0.25, 0.3) is 0 Å². The minimum absolute atomic E-state index is 0. The third-order valence-electron chi connectivity index (χ3n) is 3.67. The van der Waals surface area contributed by atoms with Crippen molar-refractivity contribution in [2.75, 3.05) is 13.1 Å². The van der Waals surface area contributed by atoms with E-state index in [0.29, 0.717) is 24.7 Å². The highest BCUT2D eigenvalue weighted by molar-refractivity contribution is 7.59. The number of aromatic nitrogens is 1. The quantitative estimate of drug-likeness (QED) is 0.832. The number of rotatable bonds is 2. The molecule has 2 heterocycles. The van der Waals surface area contributed by atoms with Gasteiger partial charge < -0.3 is 9.64 Å². The molecule has 0 N–H and O–H groups in total. The summed E-state index contributed by atoms with van der Waals surface area (Å²) in [6, 6.07) is 6.06. The number of amides is 1. The Hall–Kier alpha value is -1.74. The second kappa shape index (κ2) is 7.69. The van der Waals surface area contributed by atoms with Crippen molar-refractivity contribution in [2.45, 2.75) is 46.1 Å². The maximum absolute atomic E-state index is 12.1. The fraction of sp³-hybridized carbons (Fsp3) is 0.588. The standard InChI is InChI=1S/C17H23N3O2.H2S/c1-12-5-6-14(15(10-18)19-12)9-13-7-8-20(11-13)16(21)22-17(2,3)4;/h5-6,13H,7-9,11H2,1-4H3;1H2. The molecule has 1 aliphatic heterocycles. The van der Waals surface area contributed by atoms with E-state index in [1.165, 1.54) is 0 Å². The van der Waals surface area contributed by atoms with E-state index in [-0.39, 0.29) is 19.6 Å². The first-order valence-electron chi connectivity index (χ1n) is 7.63. The van der Waals surface area contributed by atoms with Crippen LogP contribution in [-0.4, -0.2) is 34.7 Å². The zero-order valence-electron chi connectivity index (χ0n) is 14.2. The van der Waals surface area contributed by atoms with E-state index >= 15 is 0 Å². The van der Waals surface area contributed by atoms with E-state index in [2.05, 4.69) is 11.1 Å². The molecule has 0 spiro atoms. The lowest BCUT2D eigenvalue weighted by Crippen LogP contribution is -2.35. The lowest BCUT2D eigenvalue weighted by atomic mass is 9.97. The van der Waals surface area contributed by atoms with Crippen LogP contribution in [0.3, 0.4) is 0 Å². The van der Waals surface area contributed by atoms with Gasteiger partial charge in [0, 0.05) is 18.8 Å². The Morgan fingerprint density at radius 3 is 2.78 bits per heavy atom. The predicted molar refractivity (Wildman–Crippen MR) is 93.7 cm³/mol. The number of likely N-dealkylation sites (tertiary alicyclic amines) is 1. The summed E-state index contributed by atoms with van der Waals surface area (Å²) in [7, 11) is 0. The minimum atomic E-state index is -0.468. The largest absolute Gasteiger partial charge is 0.444 e. The van der Waals surface area contributed by atoms with Crippen LogP contribution in [0.1, 0.15) is 44.1 Å². The molecular weight excluding hydrogens is 310 g/mol. The van der Waals surface area contributed by atoms with E-state index in [0.717, 1.165) is 24.1 Å². The second-order valence-electron chi connectivity index (χ2n) is 6.86. The summed E-state index contributed by atoms with van der Waals surface area (Å²) in [5, 5.41) is 9.19. The van der Waals surface area contributed by atoms with Gasteiger partial charge in [-0.2, -0.15) is 18.8 Å². The molecule has 1 aromatic rings. The lowest BCUT2D eigenvalue weighted by Gasteiger charge is -2.24. The highest BCUT2D eigenvalue weighted by Gasteiger charge is 2.30. The molecule has 0 saturated carbocycles. The van der Waals surface area contributed by atoms with Gasteiger partial charge in [0.2, 0.25) is 0 Å². The van der Waals surface area contributed by atoms with Crippen LogP contribution in [0.4, 0.5) is 4.79 Å². The molecule has 2 rings (SSSR count). The number of pyridine rings is 1. The topological polar surface area (TPSA) is 66.2 Å². The summed E-state index contributed by atoms with van der Waals surface area (Å²) < 4.78 is 5.40. The molecule has 126 valence electrons. The molecule has 0 radical (unpaired) electrons. The fourth-order valence-corrected chi connectivity index (χ4v) is 2.65. The minimum Gasteiger partial charge on any atom is -0.444 e. The number of nitriles is 1. The van der Waals surface area contributed by atoms with Gasteiger partial charge in [-0.15, -0.1) is 0 Å². The highest BCUT2D eigenvalue weighted by Crippen LogP contribution is 2.23. The summed E-state index contributed by atoms with van der Waals surface area (Å²) in [6.07, 6.45) is 1.45. The van der Waals surface area contributed by atoms with Crippen LogP contribution in [0.15, 0.2) is 12.1 Å². The van der Waals surface area contributed by atoms with Crippen LogP contribution < -0.4 is 0 Å². The van der Waals surface area contributed by atoms with Crippen LogP contribution in [0.5, 0.6) is 0 Å². The van der Waals surface area contributed by atoms with Crippen LogP contribution in [0, 0.1) is 24.2 Å². The molecule has 1 unspecified atom stereocenters. The number of carbonyl (C=O) groups is 1. The Balaban J connectivity index is 0.00000264. The van der Waals surface area contributed by atoms with Gasteiger partial charge in [-0.3, -0.25) is 0 Å². The predicted octanol–water partition coefficient (Wildman–Crippen LogP) is 3.17. The summed E-state index contributed by atoms with van der Waals surface area (Å²) in [4.78, 5) is 18.1. The zero-order chi connectivity index (χ0) is 16.3. The van der Waals surface area contributed by atoms with Crippen molar-refractivity contribution in [2.24, 2.45) is 5.92 Å². The number of hydrogen-bond acceptors (Lipinski definition) is 4. The highest BCUT2D eigenvalue weighted by atomic mass is 32.1. The van der Waals surface area contributed by atoms with E-state index in [1.54, 1.807) is 4.90 Å². The number of carbonyl (C=O) groups excluding carboxylic acids is 1. The molecule has 5 nitrogen and oxygen atoms in total. The summed E-state index contributed by atoms with van der Waals surface area (Å²) >= 11 is 0. The van der Waals surface area contributed by atoms with Crippen molar-refractivity contribution in [1.29, 1.82) is 5.26 Å². The van der Waals surface area contributed by atoms with Crippen LogP contribution >= 0.6 is 13.5 Å². The number of nitrogens with zero attached hydrogens (tertiary/aromatic N) is 3. The van der Waals surface area contributed by atoms with Gasteiger partial charge in [0.25, 0.3) is 0 Å². The second-order valence-corrected chi connectivity index (χ2v) is 6.86. The Kier molecular flexibility index (Phi) is 6.46. The third-order valence-corrected chi connectivity index (χ3v) is 3.67. The Labute approximate surface area is 145 Å². The van der Waals surface area contributed by atoms with Crippen molar-refractivity contribution in [3.63, 3.8) is 0 Å². The number of hydrogen-bond donors (Lipinski definition) is 0. The Morgan fingerprint density at radius 1 is 1.48 bits per heavy atom. The van der Waals surface area contributed by atoms with Gasteiger partial charge in [-0.25, -0.2) is 9.78 Å². The normalized spacial score (nSPS) is 17.3. The average molecular weight is 335 g/mol. The molecule has 0 aromatic carbocycles. The molecule has 6 heteroatoms. The summed E-state index contributed by atoms with van der Waals surface area (Å²) in [5.74, 6) is 0.351.